The molecule has 14 heteroatoms. The molecule has 3 N–H and O–H groups in total. The number of carbonyl (C=O) groups excluding carboxylic acids is 4. The molecule has 294 valence electrons. The predicted molar refractivity (Wildman–Crippen MR) is 207 cm³/mol. The summed E-state index contributed by atoms with van der Waals surface area (Å²) in [4.78, 5) is 67.5. The Morgan fingerprint density at radius 1 is 1.00 bits per heavy atom. The van der Waals surface area contributed by atoms with Crippen molar-refractivity contribution in [3.63, 3.8) is 0 Å². The van der Waals surface area contributed by atoms with Gasteiger partial charge in [-0.05, 0) is 103 Å². The number of carbonyl (C=O) groups is 4. The van der Waals surface area contributed by atoms with Crippen molar-refractivity contribution in [2.45, 2.75) is 134 Å². The van der Waals surface area contributed by atoms with E-state index in [2.05, 4.69) is 30.7 Å². The van der Waals surface area contributed by atoms with E-state index in [9.17, 15) is 19.2 Å². The van der Waals surface area contributed by atoms with E-state index < -0.39 is 5.54 Å². The number of rotatable bonds is 14. The van der Waals surface area contributed by atoms with E-state index >= 15 is 0 Å². The first-order valence-electron chi connectivity index (χ1n) is 19.9. The fraction of sp³-hybridized carbons (Fsp3) is 0.650. The van der Waals surface area contributed by atoms with Crippen molar-refractivity contribution >= 4 is 46.8 Å². The maximum Gasteiger partial charge on any atom is 0.331 e. The average molecular weight is 747 g/mol. The molecule has 2 saturated carbocycles. The van der Waals surface area contributed by atoms with Crippen molar-refractivity contribution in [1.29, 1.82) is 0 Å². The van der Waals surface area contributed by atoms with Crippen LogP contribution in [0.25, 0.3) is 0 Å². The van der Waals surface area contributed by atoms with Gasteiger partial charge in [-0.3, -0.25) is 14.4 Å². The highest BCUT2D eigenvalue weighted by Crippen LogP contribution is 2.40. The Morgan fingerprint density at radius 2 is 1.70 bits per heavy atom. The molecule has 3 heterocycles. The highest BCUT2D eigenvalue weighted by atomic mass is 16.5. The first kappa shape index (κ1) is 39.2. The number of aromatic nitrogens is 2. The maximum atomic E-state index is 13.3. The number of amides is 3. The monoisotopic (exact) mass is 746 g/mol. The molecule has 1 aromatic carbocycles. The van der Waals surface area contributed by atoms with Crippen LogP contribution >= 0.6 is 0 Å². The van der Waals surface area contributed by atoms with Crippen LogP contribution < -0.4 is 30.5 Å². The summed E-state index contributed by atoms with van der Waals surface area (Å²) in [6.45, 7) is 7.85. The summed E-state index contributed by atoms with van der Waals surface area (Å²) in [6, 6.07) is 5.33. The fourth-order valence-electron chi connectivity index (χ4n) is 8.30. The average Bonchev–Trinajstić information content (AvgIpc) is 3.89. The van der Waals surface area contributed by atoms with E-state index in [0.29, 0.717) is 47.9 Å². The van der Waals surface area contributed by atoms with E-state index in [1.165, 1.54) is 0 Å². The minimum atomic E-state index is -1.05. The first-order valence-corrected chi connectivity index (χ1v) is 19.9. The minimum absolute atomic E-state index is 0.0332. The highest BCUT2D eigenvalue weighted by molar-refractivity contribution is 6.04. The van der Waals surface area contributed by atoms with E-state index in [0.717, 1.165) is 89.7 Å². The molecule has 0 radical (unpaired) electrons. The molecule has 2 aromatic rings. The summed E-state index contributed by atoms with van der Waals surface area (Å²) in [5, 5.41) is 9.32. The number of nitrogens with one attached hydrogen (secondary N) is 3. The van der Waals surface area contributed by atoms with Gasteiger partial charge in [0, 0.05) is 44.2 Å². The van der Waals surface area contributed by atoms with Gasteiger partial charge in [-0.25, -0.2) is 9.78 Å². The van der Waals surface area contributed by atoms with E-state index in [1.807, 2.05) is 6.92 Å². The number of likely N-dealkylation sites (N-methyl/N-ethyl adjacent to an activating group) is 1. The molecule has 1 atom stereocenters. The van der Waals surface area contributed by atoms with Gasteiger partial charge < -0.3 is 40.1 Å². The Balaban J connectivity index is 0.980. The lowest BCUT2D eigenvalue weighted by atomic mass is 10.0. The van der Waals surface area contributed by atoms with Crippen molar-refractivity contribution in [2.24, 2.45) is 0 Å². The van der Waals surface area contributed by atoms with E-state index in [1.54, 1.807) is 57.3 Å². The second kappa shape index (κ2) is 17.3. The first-order chi connectivity index (χ1) is 26.0. The zero-order chi connectivity index (χ0) is 38.4. The van der Waals surface area contributed by atoms with Crippen LogP contribution in [-0.2, 0) is 19.1 Å². The van der Waals surface area contributed by atoms with Crippen molar-refractivity contribution in [2.75, 3.05) is 48.9 Å². The minimum Gasteiger partial charge on any atom is -0.495 e. The molecular formula is C40H58N8O6. The lowest BCUT2D eigenvalue weighted by Crippen LogP contribution is -2.55. The summed E-state index contributed by atoms with van der Waals surface area (Å²) >= 11 is 0. The number of nitrogens with zero attached hydrogens (tertiary/aromatic N) is 5. The maximum absolute atomic E-state index is 13.3. The summed E-state index contributed by atoms with van der Waals surface area (Å²) in [5.41, 5.74) is 0.769. The number of fused-ring (bicyclic) bond motifs is 1. The number of likely N-dealkylation sites (tertiary alicyclic amines) is 1. The van der Waals surface area contributed by atoms with Gasteiger partial charge in [0.05, 0.1) is 19.0 Å². The number of methoxy groups -OCH3 is 1. The standard InChI is InChI=1S/C40H58N8O6/c1-6-31-37(51)46(4)32-25-41-39(44-35(32)48(31)28-12-7-8-13-28)43-30-18-17-26(24-33(30)53-5)36(50)42-27-19-22-47(23-20-27)21-11-16-34(49)45-40(2,3)38(52)54-29-14-9-10-15-29/h17-18,24-25,27-29,31H,6-16,19-23H2,1-5H3,(H,42,50)(H,45,49)(H,41,43,44)/t31-/m1/s1. The number of hydrogen-bond donors (Lipinski definition) is 3. The third-order valence-corrected chi connectivity index (χ3v) is 11.5. The highest BCUT2D eigenvalue weighted by Gasteiger charge is 2.41. The summed E-state index contributed by atoms with van der Waals surface area (Å²) in [6.07, 6.45) is 13.3. The number of hydrogen-bond acceptors (Lipinski definition) is 11. The molecule has 0 unspecified atom stereocenters. The lowest BCUT2D eigenvalue weighted by Gasteiger charge is -2.43. The number of anilines is 4. The topological polar surface area (TPSA) is 158 Å². The summed E-state index contributed by atoms with van der Waals surface area (Å²) in [7, 11) is 3.35. The van der Waals surface area contributed by atoms with Gasteiger partial charge in [0.25, 0.3) is 5.91 Å². The molecule has 14 nitrogen and oxygen atoms in total. The largest absolute Gasteiger partial charge is 0.495 e. The van der Waals surface area contributed by atoms with E-state index in [4.69, 9.17) is 14.5 Å². The van der Waals surface area contributed by atoms with Crippen LogP contribution in [0.5, 0.6) is 5.75 Å². The number of benzene rings is 1. The Morgan fingerprint density at radius 3 is 2.39 bits per heavy atom. The van der Waals surface area contributed by atoms with Gasteiger partial charge in [0.2, 0.25) is 17.8 Å². The number of piperidine rings is 1. The van der Waals surface area contributed by atoms with Crippen molar-refractivity contribution in [3.05, 3.63) is 30.0 Å². The third-order valence-electron chi connectivity index (χ3n) is 11.5. The second-order valence-electron chi connectivity index (χ2n) is 15.8. The van der Waals surface area contributed by atoms with E-state index in [-0.39, 0.29) is 47.9 Å². The second-order valence-corrected chi connectivity index (χ2v) is 15.8. The molecule has 2 aliphatic heterocycles. The lowest BCUT2D eigenvalue weighted by molar-refractivity contribution is -0.157. The normalized spacial score (nSPS) is 20.2. The van der Waals surface area contributed by atoms with Gasteiger partial charge in [0.15, 0.2) is 5.82 Å². The molecule has 3 fully saturated rings. The number of ether oxygens (including phenoxy) is 2. The molecule has 4 aliphatic rings. The van der Waals surface area contributed by atoms with Gasteiger partial charge in [-0.1, -0.05) is 19.8 Å². The van der Waals surface area contributed by atoms with Gasteiger partial charge >= 0.3 is 5.97 Å². The SMILES string of the molecule is CC[C@@H]1C(=O)N(C)c2cnc(Nc3ccc(C(=O)NC4CCN(CCCC(=O)NC(C)(C)C(=O)OC5CCCC5)CC4)cc3OC)nc2N1C1CCCC1. The molecule has 0 bridgehead atoms. The Bertz CT molecular complexity index is 1670. The Hall–Kier alpha value is -4.46. The van der Waals surface area contributed by atoms with Crippen LogP contribution in [0.2, 0.25) is 0 Å². The zero-order valence-corrected chi connectivity index (χ0v) is 32.6. The van der Waals surface area contributed by atoms with Gasteiger partial charge in [-0.15, -0.1) is 0 Å². The van der Waals surface area contributed by atoms with Gasteiger partial charge in [0.1, 0.15) is 29.1 Å². The van der Waals surface area contributed by atoms with Crippen molar-refractivity contribution < 1.29 is 28.7 Å². The summed E-state index contributed by atoms with van der Waals surface area (Å²) in [5.74, 6) is 1.01. The Kier molecular flexibility index (Phi) is 12.6. The van der Waals surface area contributed by atoms with Crippen LogP contribution in [0.3, 0.4) is 0 Å². The molecule has 0 spiro atoms. The predicted octanol–water partition coefficient (Wildman–Crippen LogP) is 5.09. The zero-order valence-electron chi connectivity index (χ0n) is 32.6. The van der Waals surface area contributed by atoms with Crippen molar-refractivity contribution in [1.82, 2.24) is 25.5 Å². The van der Waals surface area contributed by atoms with Crippen LogP contribution in [0.15, 0.2) is 24.4 Å². The van der Waals surface area contributed by atoms with Crippen molar-refractivity contribution in [3.8, 4) is 5.75 Å². The van der Waals surface area contributed by atoms with Crippen LogP contribution in [-0.4, -0.2) is 102 Å². The molecule has 2 aliphatic carbocycles. The van der Waals surface area contributed by atoms with Crippen LogP contribution in [0.1, 0.15) is 115 Å². The smallest absolute Gasteiger partial charge is 0.331 e. The quantitative estimate of drug-likeness (QED) is 0.221. The number of esters is 1. The third kappa shape index (κ3) is 9.07. The van der Waals surface area contributed by atoms with Crippen LogP contribution in [0.4, 0.5) is 23.1 Å². The fourth-order valence-corrected chi connectivity index (χ4v) is 8.30. The molecule has 1 saturated heterocycles. The Labute approximate surface area is 319 Å². The molecule has 3 amide bonds. The summed E-state index contributed by atoms with van der Waals surface area (Å²) < 4.78 is 11.3. The molecule has 6 rings (SSSR count). The molecule has 54 heavy (non-hydrogen) atoms. The molecular weight excluding hydrogens is 688 g/mol. The molecule has 1 aromatic heterocycles. The van der Waals surface area contributed by atoms with Gasteiger partial charge in [-0.2, -0.15) is 4.98 Å². The van der Waals surface area contributed by atoms with Crippen LogP contribution in [0, 0.1) is 0 Å².